The summed E-state index contributed by atoms with van der Waals surface area (Å²) < 4.78 is 0.508. The fraction of sp³-hybridized carbons (Fsp3) is 0.0714. The van der Waals surface area contributed by atoms with Crippen LogP contribution in [-0.4, -0.2) is 16.2 Å². The standard InChI is InChI=1S/C14H11BrN2O3/c1-9-4-2-3-5-12(9)16-8-10-6-11(15)7-13(14(10)18)17(19)20/h2-8,18H,1H3/b16-8+. The van der Waals surface area contributed by atoms with Crippen LogP contribution in [0.2, 0.25) is 0 Å². The number of hydrogen-bond acceptors (Lipinski definition) is 4. The van der Waals surface area contributed by atoms with E-state index in [4.69, 9.17) is 0 Å². The van der Waals surface area contributed by atoms with Crippen LogP contribution in [0, 0.1) is 17.0 Å². The summed E-state index contributed by atoms with van der Waals surface area (Å²) in [7, 11) is 0. The quantitative estimate of drug-likeness (QED) is 0.521. The zero-order valence-electron chi connectivity index (χ0n) is 10.6. The second kappa shape index (κ2) is 5.83. The molecule has 6 heteroatoms. The van der Waals surface area contributed by atoms with E-state index in [0.29, 0.717) is 4.47 Å². The zero-order chi connectivity index (χ0) is 14.7. The van der Waals surface area contributed by atoms with Gasteiger partial charge in [-0.25, -0.2) is 0 Å². The fourth-order valence-electron chi connectivity index (χ4n) is 1.69. The van der Waals surface area contributed by atoms with Gasteiger partial charge in [0.15, 0.2) is 0 Å². The molecule has 2 aromatic carbocycles. The number of phenols is 1. The van der Waals surface area contributed by atoms with E-state index in [1.165, 1.54) is 12.3 Å². The van der Waals surface area contributed by atoms with E-state index in [2.05, 4.69) is 20.9 Å². The van der Waals surface area contributed by atoms with E-state index in [1.54, 1.807) is 6.07 Å². The molecule has 5 nitrogen and oxygen atoms in total. The number of aromatic hydroxyl groups is 1. The van der Waals surface area contributed by atoms with Gasteiger partial charge >= 0.3 is 5.69 Å². The summed E-state index contributed by atoms with van der Waals surface area (Å²) in [6.07, 6.45) is 1.41. The third kappa shape index (κ3) is 3.03. The van der Waals surface area contributed by atoms with Crippen LogP contribution in [0.25, 0.3) is 0 Å². The molecule has 0 fully saturated rings. The van der Waals surface area contributed by atoms with Crippen molar-refractivity contribution in [3.8, 4) is 5.75 Å². The van der Waals surface area contributed by atoms with Gasteiger partial charge in [0.2, 0.25) is 5.75 Å². The van der Waals surface area contributed by atoms with E-state index >= 15 is 0 Å². The molecule has 2 rings (SSSR count). The molecular formula is C14H11BrN2O3. The smallest absolute Gasteiger partial charge is 0.312 e. The number of halogens is 1. The summed E-state index contributed by atoms with van der Waals surface area (Å²) in [6.45, 7) is 1.91. The Morgan fingerprint density at radius 1 is 1.35 bits per heavy atom. The average Bonchev–Trinajstić information content (AvgIpc) is 2.40. The van der Waals surface area contributed by atoms with Gasteiger partial charge in [-0.3, -0.25) is 15.1 Å². The Hall–Kier alpha value is -2.21. The predicted octanol–water partition coefficient (Wildman–Crippen LogP) is 4.12. The third-order valence-electron chi connectivity index (χ3n) is 2.74. The van der Waals surface area contributed by atoms with Gasteiger partial charge in [-0.1, -0.05) is 34.1 Å². The molecule has 0 amide bonds. The highest BCUT2D eigenvalue weighted by atomic mass is 79.9. The van der Waals surface area contributed by atoms with Crippen molar-refractivity contribution in [2.24, 2.45) is 4.99 Å². The van der Waals surface area contributed by atoms with Crippen LogP contribution in [0.3, 0.4) is 0 Å². The minimum absolute atomic E-state index is 0.286. The molecule has 0 spiro atoms. The lowest BCUT2D eigenvalue weighted by Crippen LogP contribution is -1.92. The van der Waals surface area contributed by atoms with Crippen LogP contribution >= 0.6 is 15.9 Å². The number of nitrogens with zero attached hydrogens (tertiary/aromatic N) is 2. The molecule has 0 saturated carbocycles. The first kappa shape index (κ1) is 14.2. The fourth-order valence-corrected chi connectivity index (χ4v) is 2.15. The van der Waals surface area contributed by atoms with Crippen LogP contribution in [0.15, 0.2) is 45.9 Å². The Labute approximate surface area is 123 Å². The molecule has 0 aromatic heterocycles. The van der Waals surface area contributed by atoms with Crippen molar-refractivity contribution in [2.75, 3.05) is 0 Å². The Morgan fingerprint density at radius 2 is 2.05 bits per heavy atom. The van der Waals surface area contributed by atoms with Gasteiger partial charge in [0.25, 0.3) is 0 Å². The molecular weight excluding hydrogens is 324 g/mol. The molecule has 102 valence electrons. The number of rotatable bonds is 3. The number of nitro groups is 1. The number of nitro benzene ring substituents is 1. The van der Waals surface area contributed by atoms with Gasteiger partial charge < -0.3 is 5.11 Å². The second-order valence-corrected chi connectivity index (χ2v) is 5.08. The first-order valence-electron chi connectivity index (χ1n) is 5.75. The van der Waals surface area contributed by atoms with Gasteiger partial charge in [-0.05, 0) is 24.6 Å². The lowest BCUT2D eigenvalue weighted by Gasteiger charge is -2.02. The summed E-state index contributed by atoms with van der Waals surface area (Å²) in [4.78, 5) is 14.5. The second-order valence-electron chi connectivity index (χ2n) is 4.16. The molecule has 0 aliphatic rings. The summed E-state index contributed by atoms with van der Waals surface area (Å²) in [5.41, 5.74) is 1.65. The van der Waals surface area contributed by atoms with Gasteiger partial charge in [-0.2, -0.15) is 0 Å². The molecule has 0 bridgehead atoms. The number of benzene rings is 2. The largest absolute Gasteiger partial charge is 0.502 e. The van der Waals surface area contributed by atoms with Crippen LogP contribution in [-0.2, 0) is 0 Å². The predicted molar refractivity (Wildman–Crippen MR) is 80.9 cm³/mol. The highest BCUT2D eigenvalue weighted by molar-refractivity contribution is 9.10. The molecule has 20 heavy (non-hydrogen) atoms. The van der Waals surface area contributed by atoms with Crippen LogP contribution in [0.4, 0.5) is 11.4 Å². The third-order valence-corrected chi connectivity index (χ3v) is 3.20. The van der Waals surface area contributed by atoms with E-state index in [-0.39, 0.29) is 11.3 Å². The Kier molecular flexibility index (Phi) is 4.14. The summed E-state index contributed by atoms with van der Waals surface area (Å²) in [5, 5.41) is 20.7. The van der Waals surface area contributed by atoms with Crippen LogP contribution < -0.4 is 0 Å². The topological polar surface area (TPSA) is 75.7 Å². The first-order chi connectivity index (χ1) is 9.49. The van der Waals surface area contributed by atoms with E-state index in [9.17, 15) is 15.2 Å². The minimum atomic E-state index is -0.634. The van der Waals surface area contributed by atoms with Gasteiger partial charge in [0.05, 0.1) is 10.6 Å². The summed E-state index contributed by atoms with van der Waals surface area (Å²) in [5.74, 6) is -0.393. The zero-order valence-corrected chi connectivity index (χ0v) is 12.2. The maximum atomic E-state index is 10.8. The Balaban J connectivity index is 2.44. The summed E-state index contributed by atoms with van der Waals surface area (Å²) >= 11 is 3.18. The van der Waals surface area contributed by atoms with Crippen molar-refractivity contribution in [3.63, 3.8) is 0 Å². The van der Waals surface area contributed by atoms with Gasteiger partial charge in [-0.15, -0.1) is 0 Å². The molecule has 0 unspecified atom stereocenters. The van der Waals surface area contributed by atoms with Crippen LogP contribution in [0.1, 0.15) is 11.1 Å². The average molecular weight is 335 g/mol. The van der Waals surface area contributed by atoms with Crippen molar-refractivity contribution in [1.82, 2.24) is 0 Å². The van der Waals surface area contributed by atoms with Crippen molar-refractivity contribution >= 4 is 33.5 Å². The molecule has 0 radical (unpaired) electrons. The molecule has 0 aliphatic heterocycles. The number of aryl methyl sites for hydroxylation is 1. The number of para-hydroxylation sites is 1. The van der Waals surface area contributed by atoms with Crippen molar-refractivity contribution in [2.45, 2.75) is 6.92 Å². The van der Waals surface area contributed by atoms with Gasteiger partial charge in [0.1, 0.15) is 0 Å². The Morgan fingerprint density at radius 3 is 2.70 bits per heavy atom. The van der Waals surface area contributed by atoms with E-state index in [1.807, 2.05) is 31.2 Å². The molecule has 0 heterocycles. The highest BCUT2D eigenvalue weighted by Crippen LogP contribution is 2.32. The number of aliphatic imine (C=N–C) groups is 1. The molecule has 0 atom stereocenters. The monoisotopic (exact) mass is 334 g/mol. The highest BCUT2D eigenvalue weighted by Gasteiger charge is 2.17. The van der Waals surface area contributed by atoms with Crippen LogP contribution in [0.5, 0.6) is 5.75 Å². The molecule has 1 N–H and O–H groups in total. The van der Waals surface area contributed by atoms with Gasteiger partial charge in [0, 0.05) is 22.3 Å². The number of hydrogen-bond donors (Lipinski definition) is 1. The molecule has 0 saturated heterocycles. The minimum Gasteiger partial charge on any atom is -0.502 e. The normalized spacial score (nSPS) is 10.9. The maximum Gasteiger partial charge on any atom is 0.312 e. The van der Waals surface area contributed by atoms with Crippen molar-refractivity contribution in [3.05, 3.63) is 62.1 Å². The SMILES string of the molecule is Cc1ccccc1/N=C/c1cc(Br)cc([N+](=O)[O-])c1O. The molecule has 0 aliphatic carbocycles. The maximum absolute atomic E-state index is 10.8. The summed E-state index contributed by atoms with van der Waals surface area (Å²) in [6, 6.07) is 10.3. The number of phenolic OH excluding ortho intramolecular Hbond substituents is 1. The lowest BCUT2D eigenvalue weighted by atomic mass is 10.2. The van der Waals surface area contributed by atoms with Crippen molar-refractivity contribution in [1.29, 1.82) is 0 Å². The van der Waals surface area contributed by atoms with E-state index in [0.717, 1.165) is 11.3 Å². The first-order valence-corrected chi connectivity index (χ1v) is 6.55. The molecule has 2 aromatic rings. The lowest BCUT2D eigenvalue weighted by molar-refractivity contribution is -0.385. The van der Waals surface area contributed by atoms with Crippen molar-refractivity contribution < 1.29 is 10.0 Å². The van der Waals surface area contributed by atoms with E-state index < -0.39 is 10.7 Å². The Bertz CT molecular complexity index is 699.